The van der Waals surface area contributed by atoms with E-state index in [-0.39, 0.29) is 0 Å². The standard InChI is InChI=1S/C12H16N4/c1-8-4-6-10(7-5-8)16(3)12-11(13)14-9(2)15-12/h4-7H,13H2,1-3H3,(H,14,15). The number of aromatic nitrogens is 2. The molecule has 2 rings (SSSR count). The van der Waals surface area contributed by atoms with Gasteiger partial charge in [-0.25, -0.2) is 4.98 Å². The Hall–Kier alpha value is -1.97. The molecule has 16 heavy (non-hydrogen) atoms. The molecule has 0 atom stereocenters. The summed E-state index contributed by atoms with van der Waals surface area (Å²) in [6.07, 6.45) is 0. The molecule has 1 aromatic carbocycles. The first-order valence-corrected chi connectivity index (χ1v) is 5.20. The highest BCUT2D eigenvalue weighted by atomic mass is 15.2. The average Bonchev–Trinajstić information content (AvgIpc) is 2.58. The van der Waals surface area contributed by atoms with E-state index < -0.39 is 0 Å². The number of imidazole rings is 1. The lowest BCUT2D eigenvalue weighted by Gasteiger charge is -2.17. The number of aromatic amines is 1. The molecular formula is C12H16N4. The summed E-state index contributed by atoms with van der Waals surface area (Å²) in [5.74, 6) is 2.19. The van der Waals surface area contributed by atoms with Crippen molar-refractivity contribution in [2.45, 2.75) is 13.8 Å². The zero-order valence-electron chi connectivity index (χ0n) is 9.78. The molecule has 0 unspecified atom stereocenters. The van der Waals surface area contributed by atoms with Crippen LogP contribution in [0.25, 0.3) is 0 Å². The van der Waals surface area contributed by atoms with E-state index in [4.69, 9.17) is 5.73 Å². The van der Waals surface area contributed by atoms with Gasteiger partial charge in [-0.3, -0.25) is 0 Å². The number of aryl methyl sites for hydroxylation is 2. The highest BCUT2D eigenvalue weighted by molar-refractivity contribution is 5.68. The van der Waals surface area contributed by atoms with Crippen LogP contribution in [0.15, 0.2) is 24.3 Å². The largest absolute Gasteiger partial charge is 0.382 e. The Bertz CT molecular complexity index is 484. The normalized spacial score (nSPS) is 10.4. The van der Waals surface area contributed by atoms with Crippen molar-refractivity contribution < 1.29 is 0 Å². The second kappa shape index (κ2) is 3.89. The lowest BCUT2D eigenvalue weighted by molar-refractivity contribution is 1.11. The first-order chi connectivity index (χ1) is 7.58. The lowest BCUT2D eigenvalue weighted by Crippen LogP contribution is -2.11. The molecule has 1 aromatic heterocycles. The van der Waals surface area contributed by atoms with E-state index in [1.54, 1.807) is 0 Å². The average molecular weight is 216 g/mol. The summed E-state index contributed by atoms with van der Waals surface area (Å²) in [7, 11) is 1.96. The van der Waals surface area contributed by atoms with E-state index >= 15 is 0 Å². The predicted molar refractivity (Wildman–Crippen MR) is 67.0 cm³/mol. The predicted octanol–water partition coefficient (Wildman–Crippen LogP) is 2.38. The third-order valence-electron chi connectivity index (χ3n) is 2.57. The van der Waals surface area contributed by atoms with Gasteiger partial charge in [0.25, 0.3) is 0 Å². The van der Waals surface area contributed by atoms with Gasteiger partial charge in [-0.2, -0.15) is 0 Å². The summed E-state index contributed by atoms with van der Waals surface area (Å²) in [4.78, 5) is 9.32. The molecule has 3 N–H and O–H groups in total. The molecule has 0 aliphatic carbocycles. The zero-order valence-corrected chi connectivity index (χ0v) is 9.78. The molecule has 0 amide bonds. The van der Waals surface area contributed by atoms with Gasteiger partial charge in [0.2, 0.25) is 0 Å². The van der Waals surface area contributed by atoms with E-state index in [1.165, 1.54) is 5.56 Å². The molecule has 0 saturated heterocycles. The van der Waals surface area contributed by atoms with Crippen LogP contribution < -0.4 is 10.6 Å². The summed E-state index contributed by atoms with van der Waals surface area (Å²) in [6.45, 7) is 3.96. The molecule has 0 saturated carbocycles. The molecule has 0 spiro atoms. The molecule has 0 bridgehead atoms. The van der Waals surface area contributed by atoms with Crippen LogP contribution >= 0.6 is 0 Å². The first-order valence-electron chi connectivity index (χ1n) is 5.20. The van der Waals surface area contributed by atoms with Gasteiger partial charge in [0, 0.05) is 12.7 Å². The maximum atomic E-state index is 5.85. The van der Waals surface area contributed by atoms with Crippen molar-refractivity contribution in [1.82, 2.24) is 9.97 Å². The maximum Gasteiger partial charge on any atom is 0.175 e. The van der Waals surface area contributed by atoms with Crippen molar-refractivity contribution in [3.63, 3.8) is 0 Å². The van der Waals surface area contributed by atoms with Crippen molar-refractivity contribution in [1.29, 1.82) is 0 Å². The number of hydrogen-bond acceptors (Lipinski definition) is 3. The van der Waals surface area contributed by atoms with Crippen LogP contribution in [0.4, 0.5) is 17.3 Å². The summed E-state index contributed by atoms with van der Waals surface area (Å²) < 4.78 is 0. The Balaban J connectivity index is 2.35. The number of H-pyrrole nitrogens is 1. The van der Waals surface area contributed by atoms with E-state index in [2.05, 4.69) is 41.2 Å². The number of nitrogen functional groups attached to an aromatic ring is 1. The zero-order chi connectivity index (χ0) is 11.7. The highest BCUT2D eigenvalue weighted by Crippen LogP contribution is 2.26. The van der Waals surface area contributed by atoms with Crippen LogP contribution in [0.1, 0.15) is 11.4 Å². The first kappa shape index (κ1) is 10.5. The summed E-state index contributed by atoms with van der Waals surface area (Å²) in [5.41, 5.74) is 8.16. The number of nitrogens with one attached hydrogen (secondary N) is 1. The van der Waals surface area contributed by atoms with Crippen molar-refractivity contribution in [2.24, 2.45) is 0 Å². The molecule has 4 nitrogen and oxygen atoms in total. The molecule has 0 fully saturated rings. The third kappa shape index (κ3) is 1.86. The Kier molecular flexibility index (Phi) is 2.56. The summed E-state index contributed by atoms with van der Waals surface area (Å²) >= 11 is 0. The summed E-state index contributed by atoms with van der Waals surface area (Å²) in [5, 5.41) is 0. The minimum Gasteiger partial charge on any atom is -0.382 e. The Morgan fingerprint density at radius 2 is 1.81 bits per heavy atom. The number of hydrogen-bond donors (Lipinski definition) is 2. The van der Waals surface area contributed by atoms with Gasteiger partial charge >= 0.3 is 0 Å². The monoisotopic (exact) mass is 216 g/mol. The molecular weight excluding hydrogens is 200 g/mol. The molecule has 0 radical (unpaired) electrons. The van der Waals surface area contributed by atoms with Crippen LogP contribution in [0.2, 0.25) is 0 Å². The van der Waals surface area contributed by atoms with Crippen molar-refractivity contribution in [3.05, 3.63) is 35.7 Å². The highest BCUT2D eigenvalue weighted by Gasteiger charge is 2.11. The fourth-order valence-electron chi connectivity index (χ4n) is 1.64. The molecule has 0 aliphatic rings. The van der Waals surface area contributed by atoms with Crippen molar-refractivity contribution in [3.8, 4) is 0 Å². The number of nitrogens with two attached hydrogens (primary N) is 1. The molecule has 84 valence electrons. The van der Waals surface area contributed by atoms with Gasteiger partial charge < -0.3 is 15.6 Å². The van der Waals surface area contributed by atoms with Gasteiger partial charge in [0.15, 0.2) is 5.82 Å². The quantitative estimate of drug-likeness (QED) is 0.810. The second-order valence-electron chi connectivity index (χ2n) is 3.95. The van der Waals surface area contributed by atoms with Gasteiger partial charge in [-0.1, -0.05) is 17.7 Å². The van der Waals surface area contributed by atoms with E-state index in [0.29, 0.717) is 5.82 Å². The third-order valence-corrected chi connectivity index (χ3v) is 2.57. The number of benzene rings is 1. The van der Waals surface area contributed by atoms with Crippen LogP contribution in [0, 0.1) is 13.8 Å². The van der Waals surface area contributed by atoms with Gasteiger partial charge in [-0.05, 0) is 26.0 Å². The fourth-order valence-corrected chi connectivity index (χ4v) is 1.64. The smallest absolute Gasteiger partial charge is 0.175 e. The SMILES string of the molecule is Cc1ccc(N(C)c2nc(C)[nH]c2N)cc1. The van der Waals surface area contributed by atoms with Crippen molar-refractivity contribution >= 4 is 17.3 Å². The van der Waals surface area contributed by atoms with Gasteiger partial charge in [-0.15, -0.1) is 0 Å². The minimum absolute atomic E-state index is 0.598. The van der Waals surface area contributed by atoms with Crippen molar-refractivity contribution in [2.75, 3.05) is 17.7 Å². The molecule has 2 aromatic rings. The topological polar surface area (TPSA) is 57.9 Å². The number of anilines is 3. The second-order valence-corrected chi connectivity index (χ2v) is 3.95. The Morgan fingerprint density at radius 1 is 1.19 bits per heavy atom. The molecule has 0 aliphatic heterocycles. The lowest BCUT2D eigenvalue weighted by atomic mass is 10.2. The molecule has 4 heteroatoms. The molecule has 1 heterocycles. The number of rotatable bonds is 2. The van der Waals surface area contributed by atoms with Crippen LogP contribution in [-0.4, -0.2) is 17.0 Å². The van der Waals surface area contributed by atoms with Crippen LogP contribution in [0.3, 0.4) is 0 Å². The van der Waals surface area contributed by atoms with Crippen LogP contribution in [-0.2, 0) is 0 Å². The Labute approximate surface area is 95.1 Å². The minimum atomic E-state index is 0.598. The number of nitrogens with zero attached hydrogens (tertiary/aromatic N) is 2. The summed E-state index contributed by atoms with van der Waals surface area (Å²) in [6, 6.07) is 8.25. The fraction of sp³-hybridized carbons (Fsp3) is 0.250. The maximum absolute atomic E-state index is 5.85. The van der Waals surface area contributed by atoms with E-state index in [9.17, 15) is 0 Å². The van der Waals surface area contributed by atoms with Gasteiger partial charge in [0.1, 0.15) is 11.6 Å². The van der Waals surface area contributed by atoms with Crippen LogP contribution in [0.5, 0.6) is 0 Å². The van der Waals surface area contributed by atoms with E-state index in [1.807, 2.05) is 18.9 Å². The van der Waals surface area contributed by atoms with Gasteiger partial charge in [0.05, 0.1) is 0 Å². The van der Waals surface area contributed by atoms with E-state index in [0.717, 1.165) is 17.3 Å². The Morgan fingerprint density at radius 3 is 2.31 bits per heavy atom.